The summed E-state index contributed by atoms with van der Waals surface area (Å²) in [5.74, 6) is -1.33. The van der Waals surface area contributed by atoms with Crippen LogP contribution in [0.1, 0.15) is 50.5 Å². The molecule has 1 aromatic heterocycles. The molecule has 0 unspecified atom stereocenters. The number of hydrogen-bond donors (Lipinski definition) is 2. The Labute approximate surface area is 174 Å². The molecule has 3 rings (SSSR count). The van der Waals surface area contributed by atoms with Gasteiger partial charge < -0.3 is 15.4 Å². The predicted molar refractivity (Wildman–Crippen MR) is 113 cm³/mol. The number of nitrogens with one attached hydrogen (secondary N) is 2. The molecular weight excluding hydrogens is 388 g/mol. The highest BCUT2D eigenvalue weighted by Crippen LogP contribution is 2.29. The van der Waals surface area contributed by atoms with Gasteiger partial charge in [0.25, 0.3) is 5.91 Å². The largest absolute Gasteiger partial charge is 0.451 e. The predicted octanol–water partition coefficient (Wildman–Crippen LogP) is 3.55. The van der Waals surface area contributed by atoms with E-state index in [1.54, 1.807) is 0 Å². The zero-order valence-corrected chi connectivity index (χ0v) is 17.6. The van der Waals surface area contributed by atoms with E-state index in [4.69, 9.17) is 4.74 Å². The number of fused-ring (bicyclic) bond motifs is 1. The summed E-state index contributed by atoms with van der Waals surface area (Å²) in [5, 5.41) is 5.25. The summed E-state index contributed by atoms with van der Waals surface area (Å²) in [4.78, 5) is 38.0. The lowest BCUT2D eigenvalue weighted by Crippen LogP contribution is -2.35. The first-order chi connectivity index (χ1) is 13.9. The molecule has 0 radical (unpaired) electrons. The van der Waals surface area contributed by atoms with E-state index >= 15 is 0 Å². The Hall–Kier alpha value is -2.67. The molecule has 0 bridgehead atoms. The second-order valence-corrected chi connectivity index (χ2v) is 8.40. The van der Waals surface area contributed by atoms with Crippen molar-refractivity contribution >= 4 is 34.8 Å². The van der Waals surface area contributed by atoms with Gasteiger partial charge in [-0.25, -0.2) is 4.79 Å². The van der Waals surface area contributed by atoms with Crippen molar-refractivity contribution in [2.24, 2.45) is 0 Å². The highest BCUT2D eigenvalue weighted by molar-refractivity contribution is 7.14. The first-order valence-electron chi connectivity index (χ1n) is 9.85. The second kappa shape index (κ2) is 9.69. The summed E-state index contributed by atoms with van der Waals surface area (Å²) >= 11 is 1.46. The lowest BCUT2D eigenvalue weighted by Gasteiger charge is -2.11. The molecule has 2 aromatic rings. The Morgan fingerprint density at radius 3 is 2.69 bits per heavy atom. The van der Waals surface area contributed by atoms with Crippen molar-refractivity contribution in [1.82, 2.24) is 5.32 Å². The van der Waals surface area contributed by atoms with Crippen molar-refractivity contribution in [3.05, 3.63) is 50.7 Å². The molecule has 1 aliphatic carbocycles. The topological polar surface area (TPSA) is 84.5 Å². The van der Waals surface area contributed by atoms with Crippen molar-refractivity contribution < 1.29 is 19.1 Å². The number of aryl methyl sites for hydroxylation is 3. The molecule has 0 aliphatic heterocycles. The van der Waals surface area contributed by atoms with Gasteiger partial charge in [-0.2, -0.15) is 0 Å². The van der Waals surface area contributed by atoms with Gasteiger partial charge in [-0.1, -0.05) is 18.6 Å². The third kappa shape index (κ3) is 5.67. The zero-order chi connectivity index (χ0) is 20.8. The van der Waals surface area contributed by atoms with E-state index in [0.717, 1.165) is 36.8 Å². The fraction of sp³-hybridized carbons (Fsp3) is 0.409. The number of esters is 1. The standard InChI is InChI=1S/C22H26N2O4S/c1-14-7-6-9-17(15(14)2)24-20(25)12-23-21(26)13-28-22(27)19-11-16-8-4-3-5-10-18(16)29-19/h6-7,9,11H,3-5,8,10,12-13H2,1-2H3,(H,23,26)(H,24,25). The molecule has 154 valence electrons. The van der Waals surface area contributed by atoms with E-state index in [-0.39, 0.29) is 12.5 Å². The Balaban J connectivity index is 1.43. The van der Waals surface area contributed by atoms with E-state index < -0.39 is 18.5 Å². The number of anilines is 1. The SMILES string of the molecule is Cc1cccc(NC(=O)CNC(=O)COC(=O)c2cc3c(s2)CCCCC3)c1C. The quantitative estimate of drug-likeness (QED) is 0.559. The second-order valence-electron chi connectivity index (χ2n) is 7.27. The number of rotatable bonds is 6. The molecule has 0 atom stereocenters. The van der Waals surface area contributed by atoms with Crippen LogP contribution in [0.3, 0.4) is 0 Å². The smallest absolute Gasteiger partial charge is 0.348 e. The number of carbonyl (C=O) groups is 3. The lowest BCUT2D eigenvalue weighted by atomic mass is 10.1. The van der Waals surface area contributed by atoms with Gasteiger partial charge >= 0.3 is 5.97 Å². The third-order valence-corrected chi connectivity index (χ3v) is 6.32. The number of carbonyl (C=O) groups excluding carboxylic acids is 3. The van der Waals surface area contributed by atoms with E-state index in [0.29, 0.717) is 10.6 Å². The Kier molecular flexibility index (Phi) is 7.04. The van der Waals surface area contributed by atoms with Crippen LogP contribution in [0, 0.1) is 13.8 Å². The number of ether oxygens (including phenoxy) is 1. The molecule has 7 heteroatoms. The van der Waals surface area contributed by atoms with Crippen LogP contribution in [0.4, 0.5) is 5.69 Å². The van der Waals surface area contributed by atoms with Gasteiger partial charge in [-0.3, -0.25) is 9.59 Å². The molecular formula is C22H26N2O4S. The number of amides is 2. The normalized spacial score (nSPS) is 13.2. The minimum atomic E-state index is -0.507. The van der Waals surface area contributed by atoms with Crippen molar-refractivity contribution in [3.63, 3.8) is 0 Å². The monoisotopic (exact) mass is 414 g/mol. The summed E-state index contributed by atoms with van der Waals surface area (Å²) in [7, 11) is 0. The number of thiophene rings is 1. The molecule has 6 nitrogen and oxygen atoms in total. The van der Waals surface area contributed by atoms with Crippen LogP contribution in [-0.4, -0.2) is 30.9 Å². The summed E-state index contributed by atoms with van der Waals surface area (Å²) in [5.41, 5.74) is 4.00. The molecule has 0 saturated heterocycles. The Morgan fingerprint density at radius 2 is 1.86 bits per heavy atom. The van der Waals surface area contributed by atoms with Gasteiger partial charge in [0.05, 0.1) is 6.54 Å². The number of hydrogen-bond acceptors (Lipinski definition) is 5. The summed E-state index contributed by atoms with van der Waals surface area (Å²) < 4.78 is 5.11. The molecule has 1 aliphatic rings. The van der Waals surface area contributed by atoms with Crippen LogP contribution in [0.25, 0.3) is 0 Å². The van der Waals surface area contributed by atoms with Crippen LogP contribution in [0.15, 0.2) is 24.3 Å². The fourth-order valence-corrected chi connectivity index (χ4v) is 4.43. The molecule has 1 heterocycles. The average Bonchev–Trinajstić information content (AvgIpc) is 2.98. The van der Waals surface area contributed by atoms with E-state index in [1.807, 2.05) is 38.1 Å². The molecule has 0 spiro atoms. The minimum Gasteiger partial charge on any atom is -0.451 e. The molecule has 0 saturated carbocycles. The summed E-state index contributed by atoms with van der Waals surface area (Å²) in [6.45, 7) is 3.30. The van der Waals surface area contributed by atoms with Crippen LogP contribution in [0.5, 0.6) is 0 Å². The first-order valence-corrected chi connectivity index (χ1v) is 10.7. The van der Waals surface area contributed by atoms with Crippen LogP contribution in [-0.2, 0) is 27.2 Å². The fourth-order valence-electron chi connectivity index (χ4n) is 3.28. The van der Waals surface area contributed by atoms with Crippen LogP contribution < -0.4 is 10.6 Å². The highest BCUT2D eigenvalue weighted by atomic mass is 32.1. The van der Waals surface area contributed by atoms with Gasteiger partial charge in [0.15, 0.2) is 6.61 Å². The first kappa shape index (κ1) is 21.0. The van der Waals surface area contributed by atoms with Gasteiger partial charge in [0.2, 0.25) is 5.91 Å². The molecule has 1 aromatic carbocycles. The van der Waals surface area contributed by atoms with Crippen molar-refractivity contribution in [2.45, 2.75) is 46.0 Å². The van der Waals surface area contributed by atoms with Crippen molar-refractivity contribution in [2.75, 3.05) is 18.5 Å². The maximum atomic E-state index is 12.2. The van der Waals surface area contributed by atoms with Gasteiger partial charge in [-0.05, 0) is 68.4 Å². The van der Waals surface area contributed by atoms with Crippen LogP contribution >= 0.6 is 11.3 Å². The molecule has 0 fully saturated rings. The highest BCUT2D eigenvalue weighted by Gasteiger charge is 2.18. The summed E-state index contributed by atoms with van der Waals surface area (Å²) in [6.07, 6.45) is 5.51. The minimum absolute atomic E-state index is 0.183. The van der Waals surface area contributed by atoms with E-state index in [9.17, 15) is 14.4 Å². The average molecular weight is 415 g/mol. The lowest BCUT2D eigenvalue weighted by molar-refractivity contribution is -0.126. The van der Waals surface area contributed by atoms with Gasteiger partial charge in [0.1, 0.15) is 4.88 Å². The Morgan fingerprint density at radius 1 is 1.07 bits per heavy atom. The maximum absolute atomic E-state index is 12.2. The molecule has 29 heavy (non-hydrogen) atoms. The van der Waals surface area contributed by atoms with Crippen LogP contribution in [0.2, 0.25) is 0 Å². The maximum Gasteiger partial charge on any atom is 0.348 e. The van der Waals surface area contributed by atoms with Gasteiger partial charge in [0, 0.05) is 10.6 Å². The zero-order valence-electron chi connectivity index (χ0n) is 16.8. The van der Waals surface area contributed by atoms with E-state index in [1.165, 1.54) is 28.2 Å². The van der Waals surface area contributed by atoms with Crippen molar-refractivity contribution in [1.29, 1.82) is 0 Å². The van der Waals surface area contributed by atoms with Crippen molar-refractivity contribution in [3.8, 4) is 0 Å². The summed E-state index contributed by atoms with van der Waals surface area (Å²) in [6, 6.07) is 7.53. The molecule has 2 N–H and O–H groups in total. The molecule has 2 amide bonds. The number of benzene rings is 1. The third-order valence-electron chi connectivity index (χ3n) is 5.11. The van der Waals surface area contributed by atoms with E-state index in [2.05, 4.69) is 10.6 Å². The Bertz CT molecular complexity index is 896. The van der Waals surface area contributed by atoms with Gasteiger partial charge in [-0.15, -0.1) is 11.3 Å².